The highest BCUT2D eigenvalue weighted by molar-refractivity contribution is 7.89. The topological polar surface area (TPSA) is 91.8 Å². The van der Waals surface area contributed by atoms with Crippen molar-refractivity contribution < 1.29 is 17.9 Å². The highest BCUT2D eigenvalue weighted by Gasteiger charge is 2.30. The highest BCUT2D eigenvalue weighted by Crippen LogP contribution is 2.21. The maximum atomic E-state index is 13.0. The van der Waals surface area contributed by atoms with Gasteiger partial charge in [0.2, 0.25) is 10.0 Å². The maximum absolute atomic E-state index is 13.0. The van der Waals surface area contributed by atoms with Crippen LogP contribution in [0.5, 0.6) is 0 Å². The first-order valence-electron chi connectivity index (χ1n) is 11.8. The average molecular weight is 489 g/mol. The second-order valence-corrected chi connectivity index (χ2v) is 11.3. The lowest BCUT2D eigenvalue weighted by Gasteiger charge is -2.35. The molecule has 1 saturated heterocycles. The summed E-state index contributed by atoms with van der Waals surface area (Å²) in [4.78, 5) is 19.1. The first-order chi connectivity index (χ1) is 16.0. The van der Waals surface area contributed by atoms with Crippen LogP contribution in [0.2, 0.25) is 0 Å². The van der Waals surface area contributed by atoms with Gasteiger partial charge in [0.15, 0.2) is 0 Å². The van der Waals surface area contributed by atoms with E-state index < -0.39 is 10.0 Å². The predicted molar refractivity (Wildman–Crippen MR) is 133 cm³/mol. The minimum atomic E-state index is -3.61. The van der Waals surface area contributed by atoms with Gasteiger partial charge in [0, 0.05) is 43.5 Å². The Morgan fingerprint density at radius 1 is 1.06 bits per heavy atom. The van der Waals surface area contributed by atoms with Gasteiger partial charge in [-0.05, 0) is 71.4 Å². The van der Waals surface area contributed by atoms with E-state index in [1.807, 2.05) is 70.7 Å². The zero-order chi connectivity index (χ0) is 25.0. The molecule has 0 saturated carbocycles. The molecule has 0 radical (unpaired) electrons. The van der Waals surface area contributed by atoms with E-state index >= 15 is 0 Å². The van der Waals surface area contributed by atoms with Crippen LogP contribution in [0.25, 0.3) is 0 Å². The minimum Gasteiger partial charge on any atom is -0.372 e. The van der Waals surface area contributed by atoms with E-state index in [0.29, 0.717) is 31.0 Å². The number of aromatic nitrogens is 1. The number of morpholine rings is 1. The standard InChI is InChI=1S/C25H36N4O4S/c1-17(2)29(18(3)4)34(31,32)23-11-12-24(27-14-23)26-13-21-7-9-22(10-8-21)25(30)28-15-19(5)33-20(6)16-28/h7-12,14,17-20H,13,15-16H2,1-6H3,(H,26,27). The Bertz CT molecular complexity index is 1050. The maximum Gasteiger partial charge on any atom is 0.254 e. The Kier molecular flexibility index (Phi) is 8.33. The molecule has 0 spiro atoms. The normalized spacial score (nSPS) is 19.1. The zero-order valence-electron chi connectivity index (χ0n) is 20.9. The zero-order valence-corrected chi connectivity index (χ0v) is 21.7. The summed E-state index contributed by atoms with van der Waals surface area (Å²) in [5, 5.41) is 3.21. The number of amides is 1. The predicted octanol–water partition coefficient (Wildman–Crippen LogP) is 3.75. The van der Waals surface area contributed by atoms with Crippen LogP contribution in [0.3, 0.4) is 0 Å². The fraction of sp³-hybridized carbons (Fsp3) is 0.520. The monoisotopic (exact) mass is 488 g/mol. The van der Waals surface area contributed by atoms with Gasteiger partial charge >= 0.3 is 0 Å². The average Bonchev–Trinajstić information content (AvgIpc) is 2.76. The summed E-state index contributed by atoms with van der Waals surface area (Å²) in [5.74, 6) is 0.591. The van der Waals surface area contributed by atoms with Gasteiger partial charge in [-0.1, -0.05) is 12.1 Å². The third-order valence-electron chi connectivity index (χ3n) is 5.71. The lowest BCUT2D eigenvalue weighted by Crippen LogP contribution is -2.48. The van der Waals surface area contributed by atoms with Crippen LogP contribution in [0.4, 0.5) is 5.82 Å². The van der Waals surface area contributed by atoms with Crippen molar-refractivity contribution in [2.24, 2.45) is 0 Å². The molecule has 2 heterocycles. The van der Waals surface area contributed by atoms with Crippen LogP contribution in [-0.2, 0) is 21.3 Å². The number of hydrogen-bond acceptors (Lipinski definition) is 6. The van der Waals surface area contributed by atoms with Gasteiger partial charge < -0.3 is 15.0 Å². The van der Waals surface area contributed by atoms with Crippen molar-refractivity contribution >= 4 is 21.7 Å². The highest BCUT2D eigenvalue weighted by atomic mass is 32.2. The number of ether oxygens (including phenoxy) is 1. The molecule has 34 heavy (non-hydrogen) atoms. The summed E-state index contributed by atoms with van der Waals surface area (Å²) in [6.07, 6.45) is 1.45. The molecule has 3 rings (SSSR count). The van der Waals surface area contributed by atoms with Crippen molar-refractivity contribution in [3.05, 3.63) is 53.7 Å². The summed E-state index contributed by atoms with van der Waals surface area (Å²) in [7, 11) is -3.61. The van der Waals surface area contributed by atoms with Crippen molar-refractivity contribution in [2.75, 3.05) is 18.4 Å². The van der Waals surface area contributed by atoms with Gasteiger partial charge in [-0.2, -0.15) is 4.31 Å². The largest absolute Gasteiger partial charge is 0.372 e. The van der Waals surface area contributed by atoms with Crippen LogP contribution >= 0.6 is 0 Å². The molecule has 1 fully saturated rings. The molecule has 1 aliphatic rings. The molecule has 2 atom stereocenters. The van der Waals surface area contributed by atoms with Crippen LogP contribution in [0.1, 0.15) is 57.5 Å². The van der Waals surface area contributed by atoms with E-state index in [4.69, 9.17) is 4.74 Å². The Morgan fingerprint density at radius 3 is 2.15 bits per heavy atom. The molecule has 2 aromatic rings. The summed E-state index contributed by atoms with van der Waals surface area (Å²) < 4.78 is 33.1. The van der Waals surface area contributed by atoms with Crippen LogP contribution in [-0.4, -0.2) is 65.9 Å². The lowest BCUT2D eigenvalue weighted by atomic mass is 10.1. The summed E-state index contributed by atoms with van der Waals surface area (Å²) in [5.41, 5.74) is 1.64. The summed E-state index contributed by atoms with van der Waals surface area (Å²) in [6, 6.07) is 10.4. The number of nitrogens with one attached hydrogen (secondary N) is 1. The molecule has 0 aliphatic carbocycles. The molecule has 1 amide bonds. The molecule has 2 unspecified atom stereocenters. The second-order valence-electron chi connectivity index (χ2n) is 9.42. The van der Waals surface area contributed by atoms with Gasteiger partial charge in [0.1, 0.15) is 10.7 Å². The van der Waals surface area contributed by atoms with E-state index in [-0.39, 0.29) is 35.1 Å². The smallest absolute Gasteiger partial charge is 0.254 e. The number of rotatable bonds is 8. The SMILES string of the molecule is CC1CN(C(=O)c2ccc(CNc3ccc(S(=O)(=O)N(C(C)C)C(C)C)cn3)cc2)CC(C)O1. The molecule has 0 bridgehead atoms. The summed E-state index contributed by atoms with van der Waals surface area (Å²) >= 11 is 0. The number of carbonyl (C=O) groups excluding carboxylic acids is 1. The Balaban J connectivity index is 1.61. The Morgan fingerprint density at radius 2 is 1.65 bits per heavy atom. The molecular formula is C25H36N4O4S. The van der Waals surface area contributed by atoms with Crippen molar-refractivity contribution in [1.29, 1.82) is 0 Å². The van der Waals surface area contributed by atoms with Gasteiger partial charge in [0.25, 0.3) is 5.91 Å². The van der Waals surface area contributed by atoms with Crippen LogP contribution < -0.4 is 5.32 Å². The Labute approximate surface area is 203 Å². The third kappa shape index (κ3) is 6.14. The van der Waals surface area contributed by atoms with Gasteiger partial charge in [-0.3, -0.25) is 4.79 Å². The number of benzene rings is 1. The first-order valence-corrected chi connectivity index (χ1v) is 13.2. The van der Waals surface area contributed by atoms with Crippen molar-refractivity contribution in [2.45, 2.75) is 77.3 Å². The Hall–Kier alpha value is -2.49. The lowest BCUT2D eigenvalue weighted by molar-refractivity contribution is -0.0586. The molecule has 186 valence electrons. The van der Waals surface area contributed by atoms with E-state index in [9.17, 15) is 13.2 Å². The number of hydrogen-bond donors (Lipinski definition) is 1. The molecule has 1 aromatic carbocycles. The van der Waals surface area contributed by atoms with Gasteiger partial charge in [-0.15, -0.1) is 0 Å². The van der Waals surface area contributed by atoms with Crippen molar-refractivity contribution in [1.82, 2.24) is 14.2 Å². The van der Waals surface area contributed by atoms with E-state index in [1.165, 1.54) is 10.5 Å². The second kappa shape index (κ2) is 10.8. The molecular weight excluding hydrogens is 452 g/mol. The van der Waals surface area contributed by atoms with E-state index in [1.54, 1.807) is 12.1 Å². The minimum absolute atomic E-state index is 0.0109. The van der Waals surface area contributed by atoms with Gasteiger partial charge in [-0.25, -0.2) is 13.4 Å². The molecule has 1 aliphatic heterocycles. The quantitative estimate of drug-likeness (QED) is 0.609. The van der Waals surface area contributed by atoms with Crippen LogP contribution in [0, 0.1) is 0 Å². The number of anilines is 1. The molecule has 1 aromatic heterocycles. The van der Waals surface area contributed by atoms with E-state index in [0.717, 1.165) is 5.56 Å². The van der Waals surface area contributed by atoms with Crippen molar-refractivity contribution in [3.8, 4) is 0 Å². The number of carbonyl (C=O) groups is 1. The molecule has 1 N–H and O–H groups in total. The summed E-state index contributed by atoms with van der Waals surface area (Å²) in [6.45, 7) is 13.1. The van der Waals surface area contributed by atoms with E-state index in [2.05, 4.69) is 10.3 Å². The van der Waals surface area contributed by atoms with Crippen LogP contribution in [0.15, 0.2) is 47.5 Å². The third-order valence-corrected chi connectivity index (χ3v) is 7.95. The van der Waals surface area contributed by atoms with Crippen molar-refractivity contribution in [3.63, 3.8) is 0 Å². The number of pyridine rings is 1. The first kappa shape index (κ1) is 26.1. The van der Waals surface area contributed by atoms with Gasteiger partial charge in [0.05, 0.1) is 12.2 Å². The molecule has 8 nitrogen and oxygen atoms in total. The fourth-order valence-electron chi connectivity index (χ4n) is 4.39. The number of nitrogens with zero attached hydrogens (tertiary/aromatic N) is 3. The number of sulfonamides is 1. The fourth-order valence-corrected chi connectivity index (χ4v) is 6.17. The molecule has 9 heteroatoms.